The summed E-state index contributed by atoms with van der Waals surface area (Å²) in [7, 11) is 1.94. The Labute approximate surface area is 141 Å². The van der Waals surface area contributed by atoms with Crippen LogP contribution in [0.1, 0.15) is 23.9 Å². The first-order valence-corrected chi connectivity index (χ1v) is 8.34. The molecular weight excluding hydrogens is 327 g/mol. The van der Waals surface area contributed by atoms with Crippen LogP contribution in [0, 0.1) is 5.92 Å². The Morgan fingerprint density at radius 1 is 1.24 bits per heavy atom. The number of aryl methyl sites for hydroxylation is 2. The highest BCUT2D eigenvalue weighted by Crippen LogP contribution is 2.25. The second kappa shape index (κ2) is 7.53. The van der Waals surface area contributed by atoms with E-state index >= 15 is 0 Å². The Bertz CT molecular complexity index is 608. The Hall–Kier alpha value is -0.700. The van der Waals surface area contributed by atoms with E-state index in [1.807, 2.05) is 29.9 Å². The van der Waals surface area contributed by atoms with Crippen LogP contribution in [0.25, 0.3) is 0 Å². The maximum absolute atomic E-state index is 6.41. The molecule has 0 aliphatic heterocycles. The van der Waals surface area contributed by atoms with E-state index < -0.39 is 0 Å². The van der Waals surface area contributed by atoms with Crippen molar-refractivity contribution in [1.29, 1.82) is 0 Å². The number of benzene rings is 1. The van der Waals surface area contributed by atoms with Gasteiger partial charge in [0.25, 0.3) is 0 Å². The first-order chi connectivity index (χ1) is 10.0. The molecule has 0 radical (unpaired) electrons. The lowest BCUT2D eigenvalue weighted by atomic mass is 9.96. The Balaban J connectivity index is 2.14. The van der Waals surface area contributed by atoms with Crippen molar-refractivity contribution in [3.05, 3.63) is 51.3 Å². The molecule has 2 nitrogen and oxygen atoms in total. The predicted octanol–water partition coefficient (Wildman–Crippen LogP) is 4.93. The second-order valence-corrected chi connectivity index (χ2v) is 6.37. The fraction of sp³-hybridized carbons (Fsp3) is 0.438. The molecule has 0 saturated carbocycles. The number of rotatable bonds is 6. The summed E-state index contributed by atoms with van der Waals surface area (Å²) < 4.78 is 1.87. The van der Waals surface area contributed by atoms with Crippen molar-refractivity contribution in [2.75, 3.05) is 5.88 Å². The summed E-state index contributed by atoms with van der Waals surface area (Å²) in [6, 6.07) is 7.92. The van der Waals surface area contributed by atoms with Gasteiger partial charge in [0.15, 0.2) is 0 Å². The van der Waals surface area contributed by atoms with Crippen LogP contribution < -0.4 is 0 Å². The quantitative estimate of drug-likeness (QED) is 0.679. The Kier molecular flexibility index (Phi) is 5.98. The van der Waals surface area contributed by atoms with E-state index in [0.717, 1.165) is 40.7 Å². The lowest BCUT2D eigenvalue weighted by molar-refractivity contribution is 0.551. The van der Waals surface area contributed by atoms with Crippen molar-refractivity contribution >= 4 is 34.8 Å². The molecule has 5 heteroatoms. The highest BCUT2D eigenvalue weighted by molar-refractivity contribution is 6.32. The highest BCUT2D eigenvalue weighted by atomic mass is 35.5. The zero-order chi connectivity index (χ0) is 15.4. The fourth-order valence-corrected chi connectivity index (χ4v) is 3.30. The topological polar surface area (TPSA) is 17.8 Å². The van der Waals surface area contributed by atoms with Crippen LogP contribution in [0.5, 0.6) is 0 Å². The van der Waals surface area contributed by atoms with Crippen LogP contribution >= 0.6 is 34.8 Å². The van der Waals surface area contributed by atoms with Crippen LogP contribution in [-0.2, 0) is 26.3 Å². The third-order valence-electron chi connectivity index (χ3n) is 3.62. The molecule has 1 aromatic heterocycles. The third-order valence-corrected chi connectivity index (χ3v) is 4.72. The van der Waals surface area contributed by atoms with Crippen molar-refractivity contribution in [3.8, 4) is 0 Å². The lowest BCUT2D eigenvalue weighted by Gasteiger charge is -2.14. The van der Waals surface area contributed by atoms with Crippen molar-refractivity contribution in [3.63, 3.8) is 0 Å². The molecule has 1 atom stereocenters. The number of alkyl halides is 1. The molecule has 1 aromatic carbocycles. The van der Waals surface area contributed by atoms with Crippen LogP contribution in [0.2, 0.25) is 10.0 Å². The van der Waals surface area contributed by atoms with Gasteiger partial charge in [0.2, 0.25) is 0 Å². The maximum atomic E-state index is 6.41. The van der Waals surface area contributed by atoms with Crippen LogP contribution in [-0.4, -0.2) is 15.7 Å². The van der Waals surface area contributed by atoms with Gasteiger partial charge in [-0.15, -0.1) is 11.6 Å². The lowest BCUT2D eigenvalue weighted by Crippen LogP contribution is -2.13. The third kappa shape index (κ3) is 4.15. The second-order valence-electron chi connectivity index (χ2n) is 5.24. The molecule has 1 unspecified atom stereocenters. The van der Waals surface area contributed by atoms with Gasteiger partial charge in [-0.1, -0.05) is 42.3 Å². The van der Waals surface area contributed by atoms with Crippen LogP contribution in [0.4, 0.5) is 0 Å². The van der Waals surface area contributed by atoms with Crippen molar-refractivity contribution in [1.82, 2.24) is 9.78 Å². The van der Waals surface area contributed by atoms with Gasteiger partial charge in [0.05, 0.1) is 16.4 Å². The zero-order valence-electron chi connectivity index (χ0n) is 12.2. The minimum atomic E-state index is 0.308. The molecule has 0 amide bonds. The van der Waals surface area contributed by atoms with Crippen LogP contribution in [0.3, 0.4) is 0 Å². The number of hydrogen-bond donors (Lipinski definition) is 0. The fourth-order valence-electron chi connectivity index (χ4n) is 2.49. The summed E-state index contributed by atoms with van der Waals surface area (Å²) in [6.07, 6.45) is 2.54. The number of hydrogen-bond acceptors (Lipinski definition) is 1. The van der Waals surface area contributed by atoms with Gasteiger partial charge in [0, 0.05) is 18.0 Å². The summed E-state index contributed by atoms with van der Waals surface area (Å²) in [5.74, 6) is 0.887. The summed E-state index contributed by atoms with van der Waals surface area (Å²) in [5, 5.41) is 5.99. The summed E-state index contributed by atoms with van der Waals surface area (Å²) >= 11 is 18.6. The van der Waals surface area contributed by atoms with E-state index in [4.69, 9.17) is 34.8 Å². The molecule has 21 heavy (non-hydrogen) atoms. The molecule has 0 aliphatic rings. The van der Waals surface area contributed by atoms with Crippen molar-refractivity contribution < 1.29 is 0 Å². The average molecular weight is 346 g/mol. The molecule has 0 bridgehead atoms. The minimum absolute atomic E-state index is 0.308. The monoisotopic (exact) mass is 344 g/mol. The highest BCUT2D eigenvalue weighted by Gasteiger charge is 2.18. The van der Waals surface area contributed by atoms with E-state index in [9.17, 15) is 0 Å². The normalized spacial score (nSPS) is 12.6. The average Bonchev–Trinajstić information content (AvgIpc) is 2.73. The number of halogens is 3. The van der Waals surface area contributed by atoms with E-state index in [2.05, 4.69) is 18.1 Å². The molecule has 2 aromatic rings. The van der Waals surface area contributed by atoms with E-state index in [1.165, 1.54) is 5.56 Å². The molecule has 1 heterocycles. The number of nitrogens with zero attached hydrogens (tertiary/aromatic N) is 2. The molecule has 2 rings (SSSR count). The first kappa shape index (κ1) is 16.7. The van der Waals surface area contributed by atoms with Gasteiger partial charge in [-0.05, 0) is 42.9 Å². The zero-order valence-corrected chi connectivity index (χ0v) is 14.5. The molecule has 0 N–H and O–H groups in total. The van der Waals surface area contributed by atoms with Crippen molar-refractivity contribution in [2.24, 2.45) is 13.0 Å². The van der Waals surface area contributed by atoms with E-state index in [-0.39, 0.29) is 0 Å². The molecule has 0 fully saturated rings. The Morgan fingerprint density at radius 2 is 2.00 bits per heavy atom. The standard InChI is InChI=1S/C16H19Cl3N2/c1-3-14-16(19)15(21(2)20-14)9-12(10-17)7-11-5-4-6-13(18)8-11/h4-6,8,12H,3,7,9-10H2,1-2H3. The summed E-state index contributed by atoms with van der Waals surface area (Å²) in [6.45, 7) is 2.06. The number of aromatic nitrogens is 2. The van der Waals surface area contributed by atoms with Crippen LogP contribution in [0.15, 0.2) is 24.3 Å². The van der Waals surface area contributed by atoms with Gasteiger partial charge in [-0.25, -0.2) is 0 Å². The SMILES string of the molecule is CCc1nn(C)c(CC(CCl)Cc2cccc(Cl)c2)c1Cl. The van der Waals surface area contributed by atoms with E-state index in [0.29, 0.717) is 11.8 Å². The first-order valence-electron chi connectivity index (χ1n) is 7.05. The minimum Gasteiger partial charge on any atom is -0.271 e. The summed E-state index contributed by atoms with van der Waals surface area (Å²) in [4.78, 5) is 0. The smallest absolute Gasteiger partial charge is 0.0849 e. The largest absolute Gasteiger partial charge is 0.271 e. The summed E-state index contributed by atoms with van der Waals surface area (Å²) in [5.41, 5.74) is 3.20. The molecule has 0 saturated heterocycles. The van der Waals surface area contributed by atoms with Gasteiger partial charge in [-0.2, -0.15) is 5.10 Å². The molecule has 114 valence electrons. The van der Waals surface area contributed by atoms with Crippen molar-refractivity contribution in [2.45, 2.75) is 26.2 Å². The molecular formula is C16H19Cl3N2. The van der Waals surface area contributed by atoms with Gasteiger partial charge in [-0.3, -0.25) is 4.68 Å². The van der Waals surface area contributed by atoms with E-state index in [1.54, 1.807) is 0 Å². The van der Waals surface area contributed by atoms with Gasteiger partial charge >= 0.3 is 0 Å². The maximum Gasteiger partial charge on any atom is 0.0849 e. The molecule has 0 spiro atoms. The van der Waals surface area contributed by atoms with Gasteiger partial charge < -0.3 is 0 Å². The van der Waals surface area contributed by atoms with Gasteiger partial charge in [0.1, 0.15) is 0 Å². The Morgan fingerprint density at radius 3 is 2.57 bits per heavy atom. The molecule has 0 aliphatic carbocycles. The predicted molar refractivity (Wildman–Crippen MR) is 90.7 cm³/mol.